The van der Waals surface area contributed by atoms with Crippen molar-refractivity contribution in [2.45, 2.75) is 44.9 Å². The monoisotopic (exact) mass is 494 g/mol. The molecule has 3 aromatic rings. The summed E-state index contributed by atoms with van der Waals surface area (Å²) in [5.41, 5.74) is 5.58. The quantitative estimate of drug-likeness (QED) is 0.533. The summed E-state index contributed by atoms with van der Waals surface area (Å²) in [6.45, 7) is 3.97. The van der Waals surface area contributed by atoms with Gasteiger partial charge in [-0.25, -0.2) is 0 Å². The van der Waals surface area contributed by atoms with Crippen molar-refractivity contribution < 1.29 is 14.3 Å². The topological polar surface area (TPSA) is 59.8 Å². The Bertz CT molecular complexity index is 1260. The number of hydrogen-bond acceptors (Lipinski definition) is 5. The first kappa shape index (κ1) is 23.7. The Morgan fingerprint density at radius 1 is 1.11 bits per heavy atom. The molecule has 1 amide bonds. The zero-order chi connectivity index (χ0) is 24.7. The van der Waals surface area contributed by atoms with Gasteiger partial charge >= 0.3 is 0 Å². The van der Waals surface area contributed by atoms with Crippen LogP contribution in [0, 0.1) is 0 Å². The Morgan fingerprint density at radius 2 is 1.83 bits per heavy atom. The van der Waals surface area contributed by atoms with Gasteiger partial charge in [0.15, 0.2) is 11.5 Å². The maximum Gasteiger partial charge on any atom is 0.240 e. The van der Waals surface area contributed by atoms with E-state index in [0.29, 0.717) is 36.8 Å². The van der Waals surface area contributed by atoms with Crippen LogP contribution in [-0.4, -0.2) is 52.3 Å². The van der Waals surface area contributed by atoms with Gasteiger partial charge in [-0.05, 0) is 54.2 Å². The van der Waals surface area contributed by atoms with E-state index in [2.05, 4.69) is 35.1 Å². The first-order chi connectivity index (χ1) is 16.9. The van der Waals surface area contributed by atoms with Gasteiger partial charge in [-0.2, -0.15) is 5.10 Å². The molecule has 2 aliphatic heterocycles. The lowest BCUT2D eigenvalue weighted by molar-refractivity contribution is -0.140. The number of hydrogen-bond donors (Lipinski definition) is 0. The molecule has 0 saturated heterocycles. The van der Waals surface area contributed by atoms with Gasteiger partial charge in [0, 0.05) is 32.9 Å². The van der Waals surface area contributed by atoms with Gasteiger partial charge in [-0.3, -0.25) is 14.4 Å². The molecule has 1 aromatic heterocycles. The number of ether oxygens (including phenoxy) is 2. The molecular weight excluding hydrogens is 464 g/mol. The second-order valence-electron chi connectivity index (χ2n) is 9.35. The first-order valence-electron chi connectivity index (χ1n) is 11.9. The minimum absolute atomic E-state index is 0.0662. The van der Waals surface area contributed by atoms with Crippen LogP contribution in [0.4, 0.5) is 0 Å². The van der Waals surface area contributed by atoms with Crippen LogP contribution in [0.2, 0.25) is 5.02 Å². The lowest BCUT2D eigenvalue weighted by Crippen LogP contribution is -2.53. The molecule has 2 aliphatic rings. The van der Waals surface area contributed by atoms with Crippen molar-refractivity contribution in [1.82, 2.24) is 19.6 Å². The van der Waals surface area contributed by atoms with E-state index in [1.54, 1.807) is 25.1 Å². The fraction of sp³-hybridized carbons (Fsp3) is 0.407. The van der Waals surface area contributed by atoms with Crippen molar-refractivity contribution in [2.75, 3.05) is 20.8 Å². The summed E-state index contributed by atoms with van der Waals surface area (Å²) >= 11 is 6.45. The van der Waals surface area contributed by atoms with E-state index in [0.717, 1.165) is 23.4 Å². The van der Waals surface area contributed by atoms with Crippen LogP contribution in [0.15, 0.2) is 42.6 Å². The Hall–Kier alpha value is -3.03. The third kappa shape index (κ3) is 4.39. The molecule has 5 rings (SSSR count). The highest BCUT2D eigenvalue weighted by atomic mass is 35.5. The highest BCUT2D eigenvalue weighted by Crippen LogP contribution is 2.39. The zero-order valence-corrected chi connectivity index (χ0v) is 21.4. The number of halogens is 1. The molecule has 1 unspecified atom stereocenters. The van der Waals surface area contributed by atoms with Crippen LogP contribution >= 0.6 is 11.6 Å². The number of aryl methyl sites for hydroxylation is 1. The van der Waals surface area contributed by atoms with Crippen molar-refractivity contribution in [3.05, 3.63) is 75.6 Å². The summed E-state index contributed by atoms with van der Waals surface area (Å²) < 4.78 is 12.8. The SMILES string of the molecule is COc1cc2c(cc1OC)[C@@H](C)N(C(=O)C1Cc3ccccc3CN1Cc1nn(C)cc1Cl)CC2. The molecule has 0 radical (unpaired) electrons. The van der Waals surface area contributed by atoms with Crippen LogP contribution < -0.4 is 9.47 Å². The third-order valence-corrected chi connectivity index (χ3v) is 7.62. The normalized spacial score (nSPS) is 19.7. The molecule has 3 heterocycles. The second-order valence-corrected chi connectivity index (χ2v) is 9.76. The Morgan fingerprint density at radius 3 is 2.51 bits per heavy atom. The molecular formula is C27H31ClN4O3. The van der Waals surface area contributed by atoms with Gasteiger partial charge < -0.3 is 14.4 Å². The number of rotatable bonds is 5. The molecule has 0 spiro atoms. The standard InChI is InChI=1S/C27H31ClN4O3/c1-17-21-13-26(35-4)25(34-3)12-19(21)9-10-32(17)27(33)24-11-18-7-5-6-8-20(18)14-31(24)16-23-22(28)15-30(2)29-23/h5-8,12-13,15,17,24H,9-11,14,16H2,1-4H3/t17-,24?/m1/s1. The molecule has 184 valence electrons. The van der Waals surface area contributed by atoms with E-state index in [1.807, 2.05) is 30.1 Å². The van der Waals surface area contributed by atoms with Crippen LogP contribution in [0.5, 0.6) is 11.5 Å². The van der Waals surface area contributed by atoms with Crippen molar-refractivity contribution >= 4 is 17.5 Å². The van der Waals surface area contributed by atoms with Gasteiger partial charge in [0.2, 0.25) is 5.91 Å². The molecule has 35 heavy (non-hydrogen) atoms. The van der Waals surface area contributed by atoms with Crippen LogP contribution in [0.1, 0.15) is 40.9 Å². The van der Waals surface area contributed by atoms with Crippen molar-refractivity contribution in [2.24, 2.45) is 7.05 Å². The summed E-state index contributed by atoms with van der Waals surface area (Å²) in [4.78, 5) is 18.4. The number of aromatic nitrogens is 2. The molecule has 0 aliphatic carbocycles. The Kier molecular flexibility index (Phi) is 6.47. The van der Waals surface area contributed by atoms with E-state index in [4.69, 9.17) is 21.1 Å². The minimum atomic E-state index is -0.285. The van der Waals surface area contributed by atoms with Gasteiger partial charge in [0.25, 0.3) is 0 Å². The molecule has 0 N–H and O–H groups in total. The summed E-state index contributed by atoms with van der Waals surface area (Å²) in [7, 11) is 5.15. The molecule has 0 saturated carbocycles. The summed E-state index contributed by atoms with van der Waals surface area (Å²) in [5, 5.41) is 5.16. The van der Waals surface area contributed by atoms with E-state index in [-0.39, 0.29) is 18.0 Å². The van der Waals surface area contributed by atoms with Crippen molar-refractivity contribution in [3.8, 4) is 11.5 Å². The lowest BCUT2D eigenvalue weighted by atomic mass is 9.89. The Balaban J connectivity index is 1.46. The summed E-state index contributed by atoms with van der Waals surface area (Å²) in [6.07, 6.45) is 3.25. The number of fused-ring (bicyclic) bond motifs is 2. The second kappa shape index (κ2) is 9.55. The number of methoxy groups -OCH3 is 2. The molecule has 8 heteroatoms. The van der Waals surface area contributed by atoms with Gasteiger partial charge in [0.1, 0.15) is 0 Å². The largest absolute Gasteiger partial charge is 0.493 e. The van der Waals surface area contributed by atoms with Gasteiger partial charge in [-0.1, -0.05) is 35.9 Å². The summed E-state index contributed by atoms with van der Waals surface area (Å²) in [6, 6.07) is 12.1. The number of nitrogens with zero attached hydrogens (tertiary/aromatic N) is 4. The Labute approximate surface area is 211 Å². The number of carbonyl (C=O) groups excluding carboxylic acids is 1. The number of carbonyl (C=O) groups is 1. The smallest absolute Gasteiger partial charge is 0.240 e. The fourth-order valence-electron chi connectivity index (χ4n) is 5.43. The van der Waals surface area contributed by atoms with E-state index >= 15 is 0 Å². The maximum absolute atomic E-state index is 14.1. The maximum atomic E-state index is 14.1. The van der Waals surface area contributed by atoms with Crippen molar-refractivity contribution in [1.29, 1.82) is 0 Å². The van der Waals surface area contributed by atoms with E-state index in [9.17, 15) is 4.79 Å². The number of amides is 1. The van der Waals surface area contributed by atoms with E-state index in [1.165, 1.54) is 16.7 Å². The third-order valence-electron chi connectivity index (χ3n) is 7.31. The highest BCUT2D eigenvalue weighted by Gasteiger charge is 2.38. The van der Waals surface area contributed by atoms with E-state index < -0.39 is 0 Å². The van der Waals surface area contributed by atoms with Gasteiger partial charge in [-0.15, -0.1) is 0 Å². The molecule has 2 atom stereocenters. The van der Waals surface area contributed by atoms with Crippen molar-refractivity contribution in [3.63, 3.8) is 0 Å². The average Bonchev–Trinajstić information content (AvgIpc) is 3.18. The molecule has 0 fully saturated rings. The van der Waals surface area contributed by atoms with Crippen LogP contribution in [0.3, 0.4) is 0 Å². The first-order valence-corrected chi connectivity index (χ1v) is 12.3. The lowest BCUT2D eigenvalue weighted by Gasteiger charge is -2.42. The molecule has 0 bridgehead atoms. The highest BCUT2D eigenvalue weighted by molar-refractivity contribution is 6.31. The van der Waals surface area contributed by atoms with Crippen LogP contribution in [0.25, 0.3) is 0 Å². The fourth-order valence-corrected chi connectivity index (χ4v) is 5.67. The predicted octanol–water partition coefficient (Wildman–Crippen LogP) is 4.16. The van der Waals surface area contributed by atoms with Gasteiger partial charge in [0.05, 0.1) is 37.0 Å². The summed E-state index contributed by atoms with van der Waals surface area (Å²) in [5.74, 6) is 1.55. The number of benzene rings is 2. The predicted molar refractivity (Wildman–Crippen MR) is 135 cm³/mol. The molecule has 7 nitrogen and oxygen atoms in total. The van der Waals surface area contributed by atoms with Crippen LogP contribution in [-0.2, 0) is 37.8 Å². The average molecular weight is 495 g/mol. The zero-order valence-electron chi connectivity index (χ0n) is 20.6. The molecule has 2 aromatic carbocycles. The minimum Gasteiger partial charge on any atom is -0.493 e.